The van der Waals surface area contributed by atoms with Crippen molar-refractivity contribution < 1.29 is 4.74 Å². The molecular weight excluding hydrogens is 150 g/mol. The molecule has 68 valence electrons. The van der Waals surface area contributed by atoms with Crippen LogP contribution >= 0.6 is 0 Å². The molecule has 2 heteroatoms. The fourth-order valence-corrected chi connectivity index (χ4v) is 1.25. The van der Waals surface area contributed by atoms with Crippen molar-refractivity contribution >= 4 is 0 Å². The van der Waals surface area contributed by atoms with E-state index in [1.807, 2.05) is 0 Å². The van der Waals surface area contributed by atoms with Crippen molar-refractivity contribution in [2.24, 2.45) is 0 Å². The minimum atomic E-state index is 0.841. The largest absolute Gasteiger partial charge is 0.388 e. The Morgan fingerprint density at radius 3 is 3.25 bits per heavy atom. The number of nitrogens with one attached hydrogen (secondary N) is 1. The van der Waals surface area contributed by atoms with Crippen LogP contribution in [0.15, 0.2) is 11.8 Å². The number of hydrogen-bond donors (Lipinski definition) is 1. The third-order valence-electron chi connectivity index (χ3n) is 1.92. The highest BCUT2D eigenvalue weighted by Gasteiger charge is 2.01. The first kappa shape index (κ1) is 9.59. The Balaban J connectivity index is 2.01. The van der Waals surface area contributed by atoms with E-state index >= 15 is 0 Å². The number of methoxy groups -OCH3 is 1. The lowest BCUT2D eigenvalue weighted by Gasteiger charge is -2.14. The van der Waals surface area contributed by atoms with Gasteiger partial charge >= 0.3 is 0 Å². The Hall–Kier alpha value is -0.500. The minimum Gasteiger partial charge on any atom is -0.388 e. The van der Waals surface area contributed by atoms with E-state index in [4.69, 9.17) is 4.74 Å². The van der Waals surface area contributed by atoms with E-state index in [0.717, 1.165) is 26.0 Å². The van der Waals surface area contributed by atoms with Crippen LogP contribution in [0.2, 0.25) is 0 Å². The summed E-state index contributed by atoms with van der Waals surface area (Å²) in [5, 5.41) is 3.38. The fraction of sp³-hybridized carbons (Fsp3) is 0.700. The Labute approximate surface area is 75.0 Å². The third kappa shape index (κ3) is 3.77. The van der Waals surface area contributed by atoms with Crippen molar-refractivity contribution in [2.75, 3.05) is 20.3 Å². The van der Waals surface area contributed by atoms with Crippen molar-refractivity contribution in [1.82, 2.24) is 5.32 Å². The molecule has 2 radical (unpaired) electrons. The van der Waals surface area contributed by atoms with Crippen LogP contribution in [0.5, 0.6) is 0 Å². The van der Waals surface area contributed by atoms with Gasteiger partial charge in [0.1, 0.15) is 0 Å². The van der Waals surface area contributed by atoms with Crippen LogP contribution in [0.3, 0.4) is 0 Å². The van der Waals surface area contributed by atoms with Gasteiger partial charge < -0.3 is 10.1 Å². The molecule has 0 spiro atoms. The molecule has 0 unspecified atom stereocenters. The van der Waals surface area contributed by atoms with E-state index in [2.05, 4.69) is 17.8 Å². The Bertz CT molecular complexity index is 143. The molecule has 1 rings (SSSR count). The lowest BCUT2D eigenvalue weighted by Crippen LogP contribution is -2.17. The van der Waals surface area contributed by atoms with Crippen molar-refractivity contribution in [3.63, 3.8) is 0 Å². The molecule has 2 nitrogen and oxygen atoms in total. The van der Waals surface area contributed by atoms with Crippen LogP contribution in [0.1, 0.15) is 25.7 Å². The molecule has 0 amide bonds. The number of rotatable bonds is 5. The van der Waals surface area contributed by atoms with Gasteiger partial charge in [-0.15, -0.1) is 0 Å². The third-order valence-corrected chi connectivity index (χ3v) is 1.92. The van der Waals surface area contributed by atoms with Crippen LogP contribution < -0.4 is 5.32 Å². The first-order chi connectivity index (χ1) is 5.93. The van der Waals surface area contributed by atoms with Gasteiger partial charge in [-0.3, -0.25) is 0 Å². The molecule has 0 saturated heterocycles. The average molecular weight is 167 g/mol. The first-order valence-corrected chi connectivity index (χ1v) is 4.58. The van der Waals surface area contributed by atoms with Gasteiger partial charge in [-0.2, -0.15) is 0 Å². The number of allylic oxidation sites excluding steroid dienone is 2. The molecule has 0 bridgehead atoms. The molecule has 0 saturated carbocycles. The first-order valence-electron chi connectivity index (χ1n) is 4.58. The second-order valence-corrected chi connectivity index (χ2v) is 3.00. The summed E-state index contributed by atoms with van der Waals surface area (Å²) >= 11 is 0. The van der Waals surface area contributed by atoms with Gasteiger partial charge in [0.25, 0.3) is 0 Å². The van der Waals surface area contributed by atoms with E-state index < -0.39 is 0 Å². The lowest BCUT2D eigenvalue weighted by atomic mass is 10.0. The maximum atomic E-state index is 4.96. The normalized spacial score (nSPS) is 17.2. The smallest absolute Gasteiger partial charge is 0.0479 e. The van der Waals surface area contributed by atoms with Gasteiger partial charge in [0.2, 0.25) is 0 Å². The molecule has 1 N–H and O–H groups in total. The Kier molecular flexibility index (Phi) is 4.85. The van der Waals surface area contributed by atoms with Crippen molar-refractivity contribution in [1.29, 1.82) is 0 Å². The summed E-state index contributed by atoms with van der Waals surface area (Å²) in [6.45, 7) is 1.86. The second-order valence-electron chi connectivity index (χ2n) is 3.00. The molecule has 0 heterocycles. The van der Waals surface area contributed by atoms with Gasteiger partial charge in [-0.05, 0) is 25.7 Å². The molecule has 12 heavy (non-hydrogen) atoms. The van der Waals surface area contributed by atoms with Gasteiger partial charge in [-0.1, -0.05) is 6.08 Å². The summed E-state index contributed by atoms with van der Waals surface area (Å²) in [6, 6.07) is 0. The highest BCUT2D eigenvalue weighted by Crippen LogP contribution is 2.13. The zero-order valence-electron chi connectivity index (χ0n) is 7.73. The maximum absolute atomic E-state index is 4.96. The summed E-state index contributed by atoms with van der Waals surface area (Å²) in [5.74, 6) is 0. The van der Waals surface area contributed by atoms with E-state index in [0.29, 0.717) is 0 Å². The Morgan fingerprint density at radius 1 is 1.67 bits per heavy atom. The predicted octanol–water partition coefficient (Wildman–Crippen LogP) is 1.76. The summed E-state index contributed by atoms with van der Waals surface area (Å²) < 4.78 is 4.96. The SMILES string of the molecule is COCCCNC1=C[C]CCC1. The van der Waals surface area contributed by atoms with Crippen LogP contribution in [0.25, 0.3) is 0 Å². The number of hydrogen-bond acceptors (Lipinski definition) is 2. The summed E-state index contributed by atoms with van der Waals surface area (Å²) in [4.78, 5) is 0. The molecular formula is C10H17NO. The highest BCUT2D eigenvalue weighted by molar-refractivity contribution is 5.10. The van der Waals surface area contributed by atoms with E-state index in [1.165, 1.54) is 18.5 Å². The molecule has 0 aromatic rings. The second kappa shape index (κ2) is 6.06. The van der Waals surface area contributed by atoms with Crippen LogP contribution in [0.4, 0.5) is 0 Å². The van der Waals surface area contributed by atoms with E-state index in [9.17, 15) is 0 Å². The van der Waals surface area contributed by atoms with Crippen molar-refractivity contribution in [3.05, 3.63) is 18.2 Å². The van der Waals surface area contributed by atoms with Gasteiger partial charge in [0.15, 0.2) is 0 Å². The monoisotopic (exact) mass is 167 g/mol. The molecule has 0 atom stereocenters. The predicted molar refractivity (Wildman–Crippen MR) is 49.7 cm³/mol. The summed E-state index contributed by atoms with van der Waals surface area (Å²) in [7, 11) is 1.74. The molecule has 0 aromatic heterocycles. The number of ether oxygens (including phenoxy) is 1. The lowest BCUT2D eigenvalue weighted by molar-refractivity contribution is 0.195. The minimum absolute atomic E-state index is 0.841. The van der Waals surface area contributed by atoms with Gasteiger partial charge in [-0.25, -0.2) is 0 Å². The zero-order valence-corrected chi connectivity index (χ0v) is 7.73. The van der Waals surface area contributed by atoms with E-state index in [1.54, 1.807) is 7.11 Å². The standard InChI is InChI=1S/C10H17NO/c1-12-9-5-8-11-10-6-3-2-4-7-10/h7,11H,2-3,5-6,8-9H2,1H3. The van der Waals surface area contributed by atoms with Crippen molar-refractivity contribution in [3.8, 4) is 0 Å². The molecule has 1 aliphatic rings. The van der Waals surface area contributed by atoms with Crippen LogP contribution in [-0.4, -0.2) is 20.3 Å². The van der Waals surface area contributed by atoms with Crippen molar-refractivity contribution in [2.45, 2.75) is 25.7 Å². The highest BCUT2D eigenvalue weighted by atomic mass is 16.5. The molecule has 0 aromatic carbocycles. The topological polar surface area (TPSA) is 21.3 Å². The van der Waals surface area contributed by atoms with Crippen LogP contribution in [0, 0.1) is 6.42 Å². The van der Waals surface area contributed by atoms with E-state index in [-0.39, 0.29) is 0 Å². The van der Waals surface area contributed by atoms with Gasteiger partial charge in [0, 0.05) is 32.4 Å². The molecule has 0 aliphatic heterocycles. The summed E-state index contributed by atoms with van der Waals surface area (Å²) in [6.07, 6.45) is 9.91. The summed E-state index contributed by atoms with van der Waals surface area (Å²) in [5.41, 5.74) is 1.33. The molecule has 1 aliphatic carbocycles. The quantitative estimate of drug-likeness (QED) is 0.630. The van der Waals surface area contributed by atoms with Crippen LogP contribution in [-0.2, 0) is 4.74 Å². The fourth-order valence-electron chi connectivity index (χ4n) is 1.25. The maximum Gasteiger partial charge on any atom is 0.0479 e. The zero-order chi connectivity index (χ0) is 8.65. The molecule has 0 fully saturated rings. The Morgan fingerprint density at radius 2 is 2.58 bits per heavy atom. The average Bonchev–Trinajstić information content (AvgIpc) is 2.14. The van der Waals surface area contributed by atoms with Gasteiger partial charge in [0.05, 0.1) is 0 Å².